The number of allylic oxidation sites excluding steroid dienone is 1. The van der Waals surface area contributed by atoms with Crippen LogP contribution in [0, 0.1) is 0 Å². The normalized spacial score (nSPS) is 15.3. The number of alkyl halides is 2. The monoisotopic (exact) mass is 140 g/mol. The summed E-state index contributed by atoms with van der Waals surface area (Å²) in [6.07, 6.45) is 2.99. The molecule has 1 atom stereocenters. The number of hydrogen-bond acceptors (Lipinski definition) is 1. The fraction of sp³-hybridized carbons (Fsp3) is 0.500. The Hall–Kier alpha value is 0.280. The minimum atomic E-state index is -0.890. The van der Waals surface area contributed by atoms with Crippen molar-refractivity contribution >= 4 is 23.2 Å². The molecule has 42 valence electrons. The Balaban J connectivity index is 3.08. The molecule has 0 heterocycles. The van der Waals surface area contributed by atoms with Crippen LogP contribution in [-0.4, -0.2) is 16.5 Å². The molecule has 3 heteroatoms. The highest BCUT2D eigenvalue weighted by atomic mass is 35.5. The highest BCUT2D eigenvalue weighted by Gasteiger charge is 1.83. The molecule has 1 N–H and O–H groups in total. The van der Waals surface area contributed by atoms with Crippen molar-refractivity contribution in [2.45, 2.75) is 5.56 Å². The van der Waals surface area contributed by atoms with E-state index < -0.39 is 5.56 Å². The van der Waals surface area contributed by atoms with Crippen LogP contribution in [0.15, 0.2) is 12.2 Å². The van der Waals surface area contributed by atoms with Gasteiger partial charge in [-0.15, -0.1) is 11.6 Å². The van der Waals surface area contributed by atoms with Gasteiger partial charge in [0.05, 0.1) is 0 Å². The number of aliphatic hydroxyl groups is 1. The quantitative estimate of drug-likeness (QED) is 0.454. The maximum Gasteiger partial charge on any atom is 0.146 e. The fourth-order valence-electron chi connectivity index (χ4n) is 0.164. The molecule has 0 amide bonds. The van der Waals surface area contributed by atoms with Gasteiger partial charge < -0.3 is 5.11 Å². The summed E-state index contributed by atoms with van der Waals surface area (Å²) in [6.45, 7) is 0. The maximum atomic E-state index is 8.30. The van der Waals surface area contributed by atoms with Gasteiger partial charge in [-0.1, -0.05) is 17.7 Å². The van der Waals surface area contributed by atoms with Crippen molar-refractivity contribution in [3.63, 3.8) is 0 Å². The van der Waals surface area contributed by atoms with Crippen LogP contribution in [0.1, 0.15) is 0 Å². The molecular formula is C4H6Cl2O. The molecule has 0 aromatic heterocycles. The van der Waals surface area contributed by atoms with Crippen LogP contribution >= 0.6 is 23.2 Å². The van der Waals surface area contributed by atoms with Gasteiger partial charge in [0.2, 0.25) is 0 Å². The minimum absolute atomic E-state index is 0.393. The van der Waals surface area contributed by atoms with Crippen molar-refractivity contribution in [2.24, 2.45) is 0 Å². The lowest BCUT2D eigenvalue weighted by molar-refractivity contribution is 0.303. The molecule has 0 rings (SSSR count). The molecule has 0 spiro atoms. The van der Waals surface area contributed by atoms with Gasteiger partial charge in [-0.25, -0.2) is 0 Å². The summed E-state index contributed by atoms with van der Waals surface area (Å²) in [4.78, 5) is 0. The lowest BCUT2D eigenvalue weighted by Crippen LogP contribution is -1.86. The molecule has 0 aliphatic rings. The summed E-state index contributed by atoms with van der Waals surface area (Å²) in [5.41, 5.74) is -0.890. The molecule has 0 aliphatic carbocycles. The van der Waals surface area contributed by atoms with Crippen molar-refractivity contribution in [1.29, 1.82) is 0 Å². The van der Waals surface area contributed by atoms with E-state index in [1.54, 1.807) is 6.08 Å². The third-order valence-electron chi connectivity index (χ3n) is 0.384. The van der Waals surface area contributed by atoms with Gasteiger partial charge >= 0.3 is 0 Å². The van der Waals surface area contributed by atoms with Crippen LogP contribution in [0.4, 0.5) is 0 Å². The van der Waals surface area contributed by atoms with E-state index in [4.69, 9.17) is 28.3 Å². The molecule has 0 saturated heterocycles. The second kappa shape index (κ2) is 4.44. The zero-order chi connectivity index (χ0) is 5.70. The van der Waals surface area contributed by atoms with Crippen molar-refractivity contribution in [2.75, 3.05) is 5.88 Å². The van der Waals surface area contributed by atoms with Crippen molar-refractivity contribution in [3.8, 4) is 0 Å². The third-order valence-corrected chi connectivity index (χ3v) is 0.708. The SMILES string of the molecule is OC(Cl)C=CCCl. The van der Waals surface area contributed by atoms with Crippen LogP contribution in [0.25, 0.3) is 0 Å². The Bertz CT molecular complexity index is 60.7. The molecule has 1 nitrogen and oxygen atoms in total. The van der Waals surface area contributed by atoms with E-state index in [0.29, 0.717) is 5.88 Å². The van der Waals surface area contributed by atoms with Gasteiger partial charge in [-0.3, -0.25) is 0 Å². The summed E-state index contributed by atoms with van der Waals surface area (Å²) in [5.74, 6) is 0.393. The van der Waals surface area contributed by atoms with Gasteiger partial charge in [0.25, 0.3) is 0 Å². The molecule has 0 aromatic carbocycles. The summed E-state index contributed by atoms with van der Waals surface area (Å²) in [6, 6.07) is 0. The van der Waals surface area contributed by atoms with Gasteiger partial charge in [-0.05, 0) is 6.08 Å². The Morgan fingerprint density at radius 1 is 1.71 bits per heavy atom. The van der Waals surface area contributed by atoms with Crippen LogP contribution in [0.2, 0.25) is 0 Å². The topological polar surface area (TPSA) is 20.2 Å². The van der Waals surface area contributed by atoms with Crippen LogP contribution in [0.5, 0.6) is 0 Å². The fourth-order valence-corrected chi connectivity index (χ4v) is 0.369. The summed E-state index contributed by atoms with van der Waals surface area (Å²) in [7, 11) is 0. The standard InChI is InChI=1S/C4H6Cl2O/c5-3-1-2-4(6)7/h1-2,4,7H,3H2. The molecule has 0 bridgehead atoms. The van der Waals surface area contributed by atoms with Gasteiger partial charge in [0.1, 0.15) is 5.56 Å². The Labute approximate surface area is 52.5 Å². The summed E-state index contributed by atoms with van der Waals surface area (Å²) < 4.78 is 0. The van der Waals surface area contributed by atoms with E-state index in [-0.39, 0.29) is 0 Å². The first-order chi connectivity index (χ1) is 3.27. The average Bonchev–Trinajstić information content (AvgIpc) is 1.61. The lowest BCUT2D eigenvalue weighted by atomic mass is 10.5. The predicted molar refractivity (Wildman–Crippen MR) is 31.7 cm³/mol. The Morgan fingerprint density at radius 2 is 2.29 bits per heavy atom. The lowest BCUT2D eigenvalue weighted by Gasteiger charge is -1.85. The van der Waals surface area contributed by atoms with Crippen molar-refractivity contribution in [1.82, 2.24) is 0 Å². The molecule has 0 radical (unpaired) electrons. The summed E-state index contributed by atoms with van der Waals surface area (Å²) in [5, 5.41) is 8.30. The zero-order valence-corrected chi connectivity index (χ0v) is 5.15. The van der Waals surface area contributed by atoms with Crippen molar-refractivity contribution in [3.05, 3.63) is 12.2 Å². The number of hydrogen-bond donors (Lipinski definition) is 1. The smallest absolute Gasteiger partial charge is 0.146 e. The van der Waals surface area contributed by atoms with Gasteiger partial charge in [-0.2, -0.15) is 0 Å². The first kappa shape index (κ1) is 7.28. The summed E-state index contributed by atoms with van der Waals surface area (Å²) >= 11 is 10.3. The van der Waals surface area contributed by atoms with Crippen LogP contribution < -0.4 is 0 Å². The molecule has 0 aliphatic heterocycles. The zero-order valence-electron chi connectivity index (χ0n) is 3.64. The van der Waals surface area contributed by atoms with Gasteiger partial charge in [0, 0.05) is 5.88 Å². The van der Waals surface area contributed by atoms with E-state index in [9.17, 15) is 0 Å². The predicted octanol–water partition coefficient (Wildman–Crippen LogP) is 1.34. The molecule has 0 fully saturated rings. The molecule has 0 saturated carbocycles. The first-order valence-corrected chi connectivity index (χ1v) is 2.79. The molecule has 7 heavy (non-hydrogen) atoms. The van der Waals surface area contributed by atoms with E-state index in [1.807, 2.05) is 0 Å². The number of rotatable bonds is 2. The molecule has 1 unspecified atom stereocenters. The minimum Gasteiger partial charge on any atom is -0.374 e. The van der Waals surface area contributed by atoms with E-state index in [1.165, 1.54) is 6.08 Å². The third kappa shape index (κ3) is 6.28. The van der Waals surface area contributed by atoms with Crippen LogP contribution in [-0.2, 0) is 0 Å². The number of halogens is 2. The highest BCUT2D eigenvalue weighted by molar-refractivity contribution is 6.21. The Kier molecular flexibility index (Phi) is 4.62. The maximum absolute atomic E-state index is 8.30. The second-order valence-electron chi connectivity index (χ2n) is 0.955. The second-order valence-corrected chi connectivity index (χ2v) is 1.71. The van der Waals surface area contributed by atoms with E-state index in [0.717, 1.165) is 0 Å². The van der Waals surface area contributed by atoms with Gasteiger partial charge in [0.15, 0.2) is 0 Å². The van der Waals surface area contributed by atoms with Crippen LogP contribution in [0.3, 0.4) is 0 Å². The highest BCUT2D eigenvalue weighted by Crippen LogP contribution is 1.90. The Morgan fingerprint density at radius 3 is 2.43 bits per heavy atom. The van der Waals surface area contributed by atoms with E-state index >= 15 is 0 Å². The average molecular weight is 141 g/mol. The van der Waals surface area contributed by atoms with Crippen molar-refractivity contribution < 1.29 is 5.11 Å². The number of aliphatic hydroxyl groups excluding tert-OH is 1. The first-order valence-electron chi connectivity index (χ1n) is 1.82. The largest absolute Gasteiger partial charge is 0.374 e. The molecule has 0 aromatic rings. The molecular weight excluding hydrogens is 135 g/mol. The van der Waals surface area contributed by atoms with E-state index in [2.05, 4.69) is 0 Å².